The summed E-state index contributed by atoms with van der Waals surface area (Å²) in [6.07, 6.45) is 1.87. The van der Waals surface area contributed by atoms with Gasteiger partial charge in [-0.2, -0.15) is 0 Å². The van der Waals surface area contributed by atoms with E-state index in [0.717, 1.165) is 56.7 Å². The second-order valence-corrected chi connectivity index (χ2v) is 6.43. The normalized spacial score (nSPS) is 15.7. The third-order valence-corrected chi connectivity index (χ3v) is 4.33. The zero-order chi connectivity index (χ0) is 16.8. The quantitative estimate of drug-likeness (QED) is 0.816. The number of hydrogen-bond acceptors (Lipinski definition) is 5. The summed E-state index contributed by atoms with van der Waals surface area (Å²) >= 11 is 0. The number of nitrogens with zero attached hydrogens (tertiary/aromatic N) is 4. The van der Waals surface area contributed by atoms with Crippen molar-refractivity contribution in [2.45, 2.75) is 19.8 Å². The molecule has 3 rings (SSSR count). The second-order valence-electron chi connectivity index (χ2n) is 6.43. The molecule has 5 nitrogen and oxygen atoms in total. The predicted molar refractivity (Wildman–Crippen MR) is 96.7 cm³/mol. The zero-order valence-corrected chi connectivity index (χ0v) is 14.6. The molecular formula is C19H26N4O. The van der Waals surface area contributed by atoms with Crippen LogP contribution >= 0.6 is 0 Å². The molecule has 1 aromatic carbocycles. The Bertz CT molecular complexity index is 624. The van der Waals surface area contributed by atoms with E-state index in [-0.39, 0.29) is 0 Å². The number of para-hydroxylation sites is 1. The summed E-state index contributed by atoms with van der Waals surface area (Å²) in [4.78, 5) is 13.9. The van der Waals surface area contributed by atoms with Gasteiger partial charge >= 0.3 is 0 Å². The minimum atomic E-state index is 0.433. The summed E-state index contributed by atoms with van der Waals surface area (Å²) in [5, 5.41) is 0. The van der Waals surface area contributed by atoms with Gasteiger partial charge in [-0.25, -0.2) is 9.97 Å². The van der Waals surface area contributed by atoms with Gasteiger partial charge in [-0.05, 0) is 24.1 Å². The molecule has 0 aliphatic carbocycles. The number of piperazine rings is 1. The highest BCUT2D eigenvalue weighted by Crippen LogP contribution is 2.16. The minimum absolute atomic E-state index is 0.433. The Morgan fingerprint density at radius 3 is 2.50 bits per heavy atom. The molecule has 0 atom stereocenters. The van der Waals surface area contributed by atoms with E-state index in [4.69, 9.17) is 9.72 Å². The number of benzene rings is 1. The highest BCUT2D eigenvalue weighted by Gasteiger charge is 2.19. The lowest BCUT2D eigenvalue weighted by Gasteiger charge is -2.34. The lowest BCUT2D eigenvalue weighted by atomic mass is 10.1. The molecule has 0 N–H and O–H groups in total. The van der Waals surface area contributed by atoms with E-state index in [2.05, 4.69) is 28.6 Å². The fourth-order valence-electron chi connectivity index (χ4n) is 2.82. The van der Waals surface area contributed by atoms with Gasteiger partial charge in [0, 0.05) is 44.6 Å². The molecule has 1 aliphatic heterocycles. The maximum atomic E-state index is 5.78. The van der Waals surface area contributed by atoms with E-state index in [1.54, 1.807) is 0 Å². The number of ether oxygens (including phenoxy) is 1. The predicted octanol–water partition coefficient (Wildman–Crippen LogP) is 2.80. The Morgan fingerprint density at radius 1 is 1.04 bits per heavy atom. The van der Waals surface area contributed by atoms with Gasteiger partial charge in [0.05, 0.1) is 0 Å². The van der Waals surface area contributed by atoms with Crippen molar-refractivity contribution in [1.29, 1.82) is 0 Å². The summed E-state index contributed by atoms with van der Waals surface area (Å²) in [7, 11) is 0. The van der Waals surface area contributed by atoms with Crippen LogP contribution in [0.3, 0.4) is 0 Å². The first kappa shape index (κ1) is 16.7. The van der Waals surface area contributed by atoms with Crippen LogP contribution < -0.4 is 9.64 Å². The van der Waals surface area contributed by atoms with E-state index in [1.807, 2.05) is 42.6 Å². The Balaban J connectivity index is 1.45. The van der Waals surface area contributed by atoms with E-state index in [0.29, 0.717) is 5.92 Å². The molecule has 128 valence electrons. The van der Waals surface area contributed by atoms with Crippen molar-refractivity contribution in [2.24, 2.45) is 0 Å². The van der Waals surface area contributed by atoms with Gasteiger partial charge in [-0.3, -0.25) is 4.90 Å². The second kappa shape index (κ2) is 8.11. The van der Waals surface area contributed by atoms with Gasteiger partial charge in [0.25, 0.3) is 0 Å². The van der Waals surface area contributed by atoms with Crippen molar-refractivity contribution in [2.75, 3.05) is 44.2 Å². The van der Waals surface area contributed by atoms with Gasteiger partial charge < -0.3 is 9.64 Å². The molecule has 1 fully saturated rings. The molecule has 5 heteroatoms. The molecule has 0 bridgehead atoms. The van der Waals surface area contributed by atoms with E-state index >= 15 is 0 Å². The summed E-state index contributed by atoms with van der Waals surface area (Å²) < 4.78 is 5.78. The van der Waals surface area contributed by atoms with Crippen molar-refractivity contribution < 1.29 is 4.74 Å². The third kappa shape index (κ3) is 4.45. The smallest absolute Gasteiger partial charge is 0.225 e. The molecule has 1 aliphatic rings. The van der Waals surface area contributed by atoms with Crippen molar-refractivity contribution >= 4 is 5.95 Å². The van der Waals surface area contributed by atoms with Crippen molar-refractivity contribution in [3.8, 4) is 5.75 Å². The topological polar surface area (TPSA) is 41.5 Å². The monoisotopic (exact) mass is 326 g/mol. The zero-order valence-electron chi connectivity index (χ0n) is 14.6. The maximum absolute atomic E-state index is 5.78. The van der Waals surface area contributed by atoms with Gasteiger partial charge in [-0.15, -0.1) is 0 Å². The van der Waals surface area contributed by atoms with Crippen LogP contribution in [0.2, 0.25) is 0 Å². The number of hydrogen-bond donors (Lipinski definition) is 0. The standard InChI is InChI=1S/C19H26N4O/c1-16(2)18-8-9-20-19(21-18)23-12-10-22(11-13-23)14-15-24-17-6-4-3-5-7-17/h3-9,16H,10-15H2,1-2H3. The van der Waals surface area contributed by atoms with Crippen molar-refractivity contribution in [3.63, 3.8) is 0 Å². The van der Waals surface area contributed by atoms with Crippen LogP contribution in [0.5, 0.6) is 5.75 Å². The lowest BCUT2D eigenvalue weighted by molar-refractivity contribution is 0.200. The molecule has 1 saturated heterocycles. The number of aromatic nitrogens is 2. The molecule has 24 heavy (non-hydrogen) atoms. The Labute approximate surface area is 144 Å². The fraction of sp³-hybridized carbons (Fsp3) is 0.474. The third-order valence-electron chi connectivity index (χ3n) is 4.33. The summed E-state index contributed by atoms with van der Waals surface area (Å²) in [6, 6.07) is 12.0. The van der Waals surface area contributed by atoms with E-state index in [1.165, 1.54) is 0 Å². The average molecular weight is 326 g/mol. The molecule has 0 spiro atoms. The van der Waals surface area contributed by atoms with Crippen LogP contribution in [0.4, 0.5) is 5.95 Å². The Kier molecular flexibility index (Phi) is 5.64. The fourth-order valence-corrected chi connectivity index (χ4v) is 2.82. The molecular weight excluding hydrogens is 300 g/mol. The summed E-state index contributed by atoms with van der Waals surface area (Å²) in [5.74, 6) is 2.24. The SMILES string of the molecule is CC(C)c1ccnc(N2CCN(CCOc3ccccc3)CC2)n1. The highest BCUT2D eigenvalue weighted by molar-refractivity contribution is 5.31. The number of anilines is 1. The molecule has 0 saturated carbocycles. The lowest BCUT2D eigenvalue weighted by Crippen LogP contribution is -2.48. The van der Waals surface area contributed by atoms with Gasteiger partial charge in [0.2, 0.25) is 5.95 Å². The highest BCUT2D eigenvalue weighted by atomic mass is 16.5. The molecule has 0 radical (unpaired) electrons. The van der Waals surface area contributed by atoms with Gasteiger partial charge in [0.15, 0.2) is 0 Å². The summed E-state index contributed by atoms with van der Waals surface area (Å²) in [6.45, 7) is 9.98. The number of rotatable bonds is 6. The molecule has 2 heterocycles. The minimum Gasteiger partial charge on any atom is -0.492 e. The first-order valence-electron chi connectivity index (χ1n) is 8.70. The van der Waals surface area contributed by atoms with Crippen molar-refractivity contribution in [3.05, 3.63) is 48.3 Å². The van der Waals surface area contributed by atoms with Crippen LogP contribution in [-0.2, 0) is 0 Å². The van der Waals surface area contributed by atoms with Crippen LogP contribution in [0.1, 0.15) is 25.5 Å². The van der Waals surface area contributed by atoms with E-state index in [9.17, 15) is 0 Å². The maximum Gasteiger partial charge on any atom is 0.225 e. The summed E-state index contributed by atoms with van der Waals surface area (Å²) in [5.41, 5.74) is 1.11. The van der Waals surface area contributed by atoms with Crippen LogP contribution in [0, 0.1) is 0 Å². The van der Waals surface area contributed by atoms with Gasteiger partial charge in [-0.1, -0.05) is 32.0 Å². The molecule has 0 amide bonds. The molecule has 1 aromatic heterocycles. The van der Waals surface area contributed by atoms with E-state index < -0.39 is 0 Å². The first-order chi connectivity index (χ1) is 11.7. The van der Waals surface area contributed by atoms with Gasteiger partial charge in [0.1, 0.15) is 12.4 Å². The van der Waals surface area contributed by atoms with Crippen LogP contribution in [0.15, 0.2) is 42.6 Å². The Morgan fingerprint density at radius 2 is 1.79 bits per heavy atom. The molecule has 2 aromatic rings. The largest absolute Gasteiger partial charge is 0.492 e. The Hall–Kier alpha value is -2.14. The van der Waals surface area contributed by atoms with Crippen LogP contribution in [0.25, 0.3) is 0 Å². The molecule has 0 unspecified atom stereocenters. The average Bonchev–Trinajstić information content (AvgIpc) is 2.63. The first-order valence-corrected chi connectivity index (χ1v) is 8.70. The van der Waals surface area contributed by atoms with Crippen molar-refractivity contribution in [1.82, 2.24) is 14.9 Å². The van der Waals surface area contributed by atoms with Crippen LogP contribution in [-0.4, -0.2) is 54.2 Å².